The molecule has 4 N–H and O–H groups in total. The van der Waals surface area contributed by atoms with Crippen molar-refractivity contribution in [2.24, 2.45) is 0 Å². The maximum Gasteiger partial charge on any atom is 1.00 e. The molecule has 9 heteroatoms. The summed E-state index contributed by atoms with van der Waals surface area (Å²) in [7, 11) is 0. The molecule has 0 aliphatic rings. The number of carbonyl (C=O) groups excluding carboxylic acids is 2. The van der Waals surface area contributed by atoms with E-state index in [1.807, 2.05) is 0 Å². The Kier molecular flexibility index (Phi) is 14.9. The summed E-state index contributed by atoms with van der Waals surface area (Å²) in [5.74, 6) is -3.08. The van der Waals surface area contributed by atoms with Gasteiger partial charge in [0.1, 0.15) is 0 Å². The molecule has 0 aliphatic carbocycles. The monoisotopic (exact) mass is 328 g/mol. The van der Waals surface area contributed by atoms with E-state index in [0.29, 0.717) is 0 Å². The second kappa shape index (κ2) is 9.82. The van der Waals surface area contributed by atoms with Crippen molar-refractivity contribution in [2.45, 2.75) is 12.2 Å². The molecule has 72 valence electrons. The Labute approximate surface area is 130 Å². The number of hydrogen-bond acceptors (Lipinski definition) is 6. The molecule has 0 bridgehead atoms. The van der Waals surface area contributed by atoms with E-state index in [4.69, 9.17) is 10.2 Å². The van der Waals surface area contributed by atoms with E-state index in [1.165, 1.54) is 0 Å². The number of aliphatic hydroxyl groups excluding tert-OH is 2. The van der Waals surface area contributed by atoms with Crippen LogP contribution in [-0.2, 0) is 12.6 Å². The minimum Gasteiger partial charge on any atom is 1.00 e. The minimum absolute atomic E-state index is 0. The average Bonchev–Trinajstić information content (AvgIpc) is 2.00. The molecular weight excluding hydrogens is 321 g/mol. The van der Waals surface area contributed by atoms with Gasteiger partial charge in [-0.3, -0.25) is 0 Å². The molecule has 0 rings (SSSR count). The van der Waals surface area contributed by atoms with Gasteiger partial charge in [0, 0.05) is 0 Å². The Bertz CT molecular complexity index is 174. The number of aliphatic carboxylic acids is 1. The SMILES string of the molecule is O.O=C([O-])C(O)C(O)C(=O)[O][SbH2].[K+]. The van der Waals surface area contributed by atoms with Gasteiger partial charge in [-0.1, -0.05) is 0 Å². The Balaban J connectivity index is -0.000000500. The van der Waals surface area contributed by atoms with Gasteiger partial charge in [-0.05, 0) is 0 Å². The van der Waals surface area contributed by atoms with Gasteiger partial charge in [-0.15, -0.1) is 0 Å². The predicted molar refractivity (Wildman–Crippen MR) is 35.3 cm³/mol. The molecule has 0 spiro atoms. The van der Waals surface area contributed by atoms with Crippen molar-refractivity contribution < 1.29 is 84.8 Å². The second-order valence-electron chi connectivity index (χ2n) is 1.65. The largest absolute Gasteiger partial charge is 1.00 e. The van der Waals surface area contributed by atoms with Crippen LogP contribution in [0, 0.1) is 0 Å². The van der Waals surface area contributed by atoms with Gasteiger partial charge >= 0.3 is 127 Å². The van der Waals surface area contributed by atoms with Gasteiger partial charge < -0.3 is 5.48 Å². The van der Waals surface area contributed by atoms with Crippen LogP contribution in [0.15, 0.2) is 0 Å². The minimum atomic E-state index is -2.23. The first-order valence-corrected chi connectivity index (χ1v) is 3.82. The van der Waals surface area contributed by atoms with Crippen molar-refractivity contribution in [2.75, 3.05) is 0 Å². The van der Waals surface area contributed by atoms with E-state index in [0.717, 1.165) is 0 Å². The third-order valence-electron chi connectivity index (χ3n) is 0.898. The quantitative estimate of drug-likeness (QED) is 0.493. The number of carboxylic acid groups (broad SMARTS) is 1. The third kappa shape index (κ3) is 7.23. The molecule has 0 saturated carbocycles. The van der Waals surface area contributed by atoms with E-state index < -0.39 is 24.1 Å². The van der Waals surface area contributed by atoms with Gasteiger partial charge in [0.25, 0.3) is 0 Å². The molecule has 2 unspecified atom stereocenters. The predicted octanol–water partition coefficient (Wildman–Crippen LogP) is -8.27. The van der Waals surface area contributed by atoms with Crippen LogP contribution in [0.3, 0.4) is 0 Å². The Morgan fingerprint density at radius 1 is 1.31 bits per heavy atom. The van der Waals surface area contributed by atoms with Gasteiger partial charge in [-0.25, -0.2) is 0 Å². The topological polar surface area (TPSA) is 138 Å². The summed E-state index contributed by atoms with van der Waals surface area (Å²) in [4.78, 5) is 20.2. The van der Waals surface area contributed by atoms with Crippen LogP contribution in [0.5, 0.6) is 0 Å². The molecule has 0 heterocycles. The first-order valence-electron chi connectivity index (χ1n) is 2.48. The fourth-order valence-electron chi connectivity index (χ4n) is 0.328. The van der Waals surface area contributed by atoms with Gasteiger partial charge in [0.05, 0.1) is 0 Å². The zero-order valence-corrected chi connectivity index (χ0v) is 13.2. The Morgan fingerprint density at radius 3 is 1.92 bits per heavy atom. The number of aliphatic hydroxyl groups is 2. The molecule has 2 atom stereocenters. The van der Waals surface area contributed by atoms with Crippen LogP contribution in [0.2, 0.25) is 0 Å². The first-order chi connectivity index (χ1) is 5.00. The third-order valence-corrected chi connectivity index (χ3v) is 1.56. The van der Waals surface area contributed by atoms with Crippen LogP contribution >= 0.6 is 0 Å². The maximum atomic E-state index is 10.4. The van der Waals surface area contributed by atoms with Crippen molar-refractivity contribution in [3.8, 4) is 0 Å². The molecule has 13 heavy (non-hydrogen) atoms. The van der Waals surface area contributed by atoms with E-state index in [9.17, 15) is 14.7 Å². The molecule has 0 fully saturated rings. The van der Waals surface area contributed by atoms with Gasteiger partial charge in [-0.2, -0.15) is 0 Å². The number of rotatable bonds is 3. The summed E-state index contributed by atoms with van der Waals surface area (Å²) in [5.41, 5.74) is 0. The Morgan fingerprint density at radius 2 is 1.69 bits per heavy atom. The van der Waals surface area contributed by atoms with E-state index >= 15 is 0 Å². The average molecular weight is 329 g/mol. The van der Waals surface area contributed by atoms with Crippen LogP contribution in [0.25, 0.3) is 0 Å². The summed E-state index contributed by atoms with van der Waals surface area (Å²) in [5, 5.41) is 27.0. The molecule has 0 aliphatic heterocycles. The number of carboxylic acids is 1. The molecule has 0 saturated heterocycles. The zero-order valence-electron chi connectivity index (χ0n) is 6.76. The standard InChI is InChI=1S/C4H6O6.K.H2O.Sb.2H/c5-1(3(7)8)2(6)4(9)10;;;;;/h1-2,5-6H,(H,7,8)(H,9,10);;1H2;;;/q;+1;;+1;;/p-2. The maximum absolute atomic E-state index is 10.4. The van der Waals surface area contributed by atoms with E-state index in [1.54, 1.807) is 0 Å². The van der Waals surface area contributed by atoms with Crippen molar-refractivity contribution >= 4 is 35.4 Å². The van der Waals surface area contributed by atoms with Crippen LogP contribution in [-0.4, -0.2) is 63.3 Å². The second-order valence-corrected chi connectivity index (χ2v) is 2.32. The summed E-state index contributed by atoms with van der Waals surface area (Å²) in [6, 6.07) is 0. The fourth-order valence-corrected chi connectivity index (χ4v) is 0.725. The molecule has 0 radical (unpaired) electrons. The summed E-state index contributed by atoms with van der Waals surface area (Å²) < 4.78 is 4.07. The Hall–Kier alpha value is 1.27. The molecule has 0 aromatic carbocycles. The van der Waals surface area contributed by atoms with E-state index in [2.05, 4.69) is 3.02 Å². The smallest absolute Gasteiger partial charge is 1.00 e. The van der Waals surface area contributed by atoms with Gasteiger partial charge in [0.2, 0.25) is 0 Å². The van der Waals surface area contributed by atoms with Crippen LogP contribution < -0.4 is 56.5 Å². The fraction of sp³-hybridized carbons (Fsp3) is 0.500. The summed E-state index contributed by atoms with van der Waals surface area (Å²) >= 11 is 0.0874. The van der Waals surface area contributed by atoms with Gasteiger partial charge in [0.15, 0.2) is 0 Å². The van der Waals surface area contributed by atoms with Crippen LogP contribution in [0.1, 0.15) is 0 Å². The molecule has 7 nitrogen and oxygen atoms in total. The van der Waals surface area contributed by atoms with Crippen molar-refractivity contribution in [1.82, 2.24) is 0 Å². The number of hydrogen-bond donors (Lipinski definition) is 2. The molecule has 0 amide bonds. The van der Waals surface area contributed by atoms with Crippen molar-refractivity contribution in [3.05, 3.63) is 0 Å². The van der Waals surface area contributed by atoms with Crippen molar-refractivity contribution in [3.63, 3.8) is 0 Å². The molecule has 0 aromatic rings. The normalized spacial score (nSPS) is 12.8. The zero-order chi connectivity index (χ0) is 9.02. The molecular formula is C4H8KO7Sb. The summed E-state index contributed by atoms with van der Waals surface area (Å²) in [6.45, 7) is 0. The summed E-state index contributed by atoms with van der Waals surface area (Å²) in [6.07, 6.45) is -4.29. The first kappa shape index (κ1) is 19.8. The van der Waals surface area contributed by atoms with Crippen LogP contribution in [0.4, 0.5) is 0 Å². The number of carbonyl (C=O) groups is 2. The van der Waals surface area contributed by atoms with Crippen molar-refractivity contribution in [1.29, 1.82) is 0 Å². The molecule has 0 aromatic heterocycles. The van der Waals surface area contributed by atoms with E-state index in [-0.39, 0.29) is 80.3 Å².